The number of benzene rings is 1. The molecule has 2 rings (SSSR count). The van der Waals surface area contributed by atoms with Gasteiger partial charge in [-0.15, -0.1) is 0 Å². The van der Waals surface area contributed by atoms with Crippen molar-refractivity contribution in [3.63, 3.8) is 0 Å². The Hall–Kier alpha value is -1.07. The van der Waals surface area contributed by atoms with Crippen LogP contribution in [0.5, 0.6) is 0 Å². The number of nitrogen functional groups attached to an aromatic ring is 1. The third kappa shape index (κ3) is 1.98. The molecule has 0 atom stereocenters. The summed E-state index contributed by atoms with van der Waals surface area (Å²) in [5.41, 5.74) is 6.37. The molecular weight excluding hydrogens is 286 g/mol. The number of nitrogens with two attached hydrogens (primary N) is 1. The molecule has 0 unspecified atom stereocenters. The molecule has 1 heterocycles. The van der Waals surface area contributed by atoms with E-state index in [0.717, 1.165) is 0 Å². The molecule has 1 aromatic carbocycles. The number of anilines is 1. The van der Waals surface area contributed by atoms with Crippen LogP contribution in [0.3, 0.4) is 0 Å². The molecule has 0 saturated carbocycles. The van der Waals surface area contributed by atoms with Gasteiger partial charge in [0.25, 0.3) is 0 Å². The molecule has 1 aromatic heterocycles. The lowest BCUT2D eigenvalue weighted by Crippen LogP contribution is -1.83. The number of hydrogen-bond acceptors (Lipinski definition) is 3. The monoisotopic (exact) mass is 290 g/mol. The van der Waals surface area contributed by atoms with Crippen molar-refractivity contribution < 1.29 is 8.91 Å². The molecule has 0 bridgehead atoms. The van der Waals surface area contributed by atoms with Crippen molar-refractivity contribution in [2.75, 3.05) is 5.73 Å². The fraction of sp³-hybridized carbons (Fsp3) is 0. The number of hydrogen-bond donors (Lipinski definition) is 1. The van der Waals surface area contributed by atoms with E-state index in [1.165, 1.54) is 12.1 Å². The van der Waals surface area contributed by atoms with Crippen LogP contribution in [0.4, 0.5) is 10.3 Å². The van der Waals surface area contributed by atoms with E-state index in [4.69, 9.17) is 17.3 Å². The molecule has 0 aliphatic carbocycles. The van der Waals surface area contributed by atoms with E-state index in [-0.39, 0.29) is 10.9 Å². The Bertz CT molecular complexity index is 492. The lowest BCUT2D eigenvalue weighted by atomic mass is 10.1. The predicted octanol–water partition coefficient (Wildman–Crippen LogP) is 3.48. The fourth-order valence-electron chi connectivity index (χ4n) is 1.13. The topological polar surface area (TPSA) is 52.0 Å². The fourth-order valence-corrected chi connectivity index (χ4v) is 1.67. The number of nitrogens with zero attached hydrogens (tertiary/aromatic N) is 1. The van der Waals surface area contributed by atoms with Crippen LogP contribution >= 0.6 is 27.5 Å². The Kier molecular flexibility index (Phi) is 2.67. The van der Waals surface area contributed by atoms with Crippen LogP contribution in [0, 0.1) is 5.82 Å². The van der Waals surface area contributed by atoms with E-state index in [2.05, 4.69) is 25.6 Å². The lowest BCUT2D eigenvalue weighted by molar-refractivity contribution is 0.439. The average molecular weight is 292 g/mol. The van der Waals surface area contributed by atoms with E-state index in [9.17, 15) is 4.39 Å². The summed E-state index contributed by atoms with van der Waals surface area (Å²) in [4.78, 5) is 0. The Morgan fingerprint density at radius 1 is 1.40 bits per heavy atom. The molecule has 0 aliphatic rings. The zero-order valence-electron chi connectivity index (χ0n) is 7.30. The molecule has 78 valence electrons. The Morgan fingerprint density at radius 3 is 2.67 bits per heavy atom. The van der Waals surface area contributed by atoms with Crippen LogP contribution in [0.15, 0.2) is 27.2 Å². The van der Waals surface area contributed by atoms with Crippen LogP contribution in [-0.4, -0.2) is 5.16 Å². The van der Waals surface area contributed by atoms with Crippen LogP contribution < -0.4 is 5.73 Å². The zero-order chi connectivity index (χ0) is 11.0. The minimum absolute atomic E-state index is 0.0372. The van der Waals surface area contributed by atoms with E-state index in [0.29, 0.717) is 15.7 Å². The highest BCUT2D eigenvalue weighted by Crippen LogP contribution is 2.31. The third-order valence-corrected chi connectivity index (χ3v) is 3.05. The zero-order valence-corrected chi connectivity index (χ0v) is 9.64. The van der Waals surface area contributed by atoms with E-state index in [1.54, 1.807) is 6.07 Å². The first-order valence-electron chi connectivity index (χ1n) is 3.95. The molecule has 0 spiro atoms. The highest BCUT2D eigenvalue weighted by Gasteiger charge is 2.11. The lowest BCUT2D eigenvalue weighted by Gasteiger charge is -2.00. The summed E-state index contributed by atoms with van der Waals surface area (Å²) in [6.45, 7) is 0. The highest BCUT2D eigenvalue weighted by molar-refractivity contribution is 9.10. The second kappa shape index (κ2) is 3.83. The molecule has 0 fully saturated rings. The van der Waals surface area contributed by atoms with Crippen LogP contribution in [0.25, 0.3) is 11.3 Å². The molecule has 15 heavy (non-hydrogen) atoms. The van der Waals surface area contributed by atoms with E-state index in [1.807, 2.05) is 0 Å². The first-order valence-corrected chi connectivity index (χ1v) is 5.12. The van der Waals surface area contributed by atoms with E-state index < -0.39 is 5.82 Å². The van der Waals surface area contributed by atoms with Gasteiger partial charge in [0, 0.05) is 16.1 Å². The van der Waals surface area contributed by atoms with Gasteiger partial charge in [0.15, 0.2) is 0 Å². The van der Waals surface area contributed by atoms with Crippen LogP contribution in [-0.2, 0) is 0 Å². The summed E-state index contributed by atoms with van der Waals surface area (Å²) in [6.07, 6.45) is 0. The Labute approximate surface area is 98.1 Å². The van der Waals surface area contributed by atoms with Gasteiger partial charge in [0.05, 0.1) is 5.02 Å². The predicted molar refractivity (Wildman–Crippen MR) is 59.0 cm³/mol. The minimum atomic E-state index is -0.525. The van der Waals surface area contributed by atoms with Gasteiger partial charge in [-0.3, -0.25) is 0 Å². The maximum absolute atomic E-state index is 13.3. The molecule has 3 nitrogen and oxygen atoms in total. The van der Waals surface area contributed by atoms with Crippen molar-refractivity contribution in [2.45, 2.75) is 0 Å². The first-order chi connectivity index (χ1) is 7.08. The number of halogens is 3. The molecule has 0 radical (unpaired) electrons. The van der Waals surface area contributed by atoms with Crippen LogP contribution in [0.2, 0.25) is 5.02 Å². The Morgan fingerprint density at radius 2 is 2.13 bits per heavy atom. The maximum Gasteiger partial charge on any atom is 0.222 e. The molecular formula is C9H5BrClFN2O. The maximum atomic E-state index is 13.3. The molecule has 0 amide bonds. The van der Waals surface area contributed by atoms with Gasteiger partial charge in [-0.1, -0.05) is 16.8 Å². The van der Waals surface area contributed by atoms with Crippen LogP contribution in [0.1, 0.15) is 0 Å². The van der Waals surface area contributed by atoms with Crippen molar-refractivity contribution in [2.24, 2.45) is 0 Å². The molecule has 0 aliphatic heterocycles. The molecule has 6 heteroatoms. The summed E-state index contributed by atoms with van der Waals surface area (Å²) in [6, 6.07) is 4.42. The number of aromatic nitrogens is 1. The summed E-state index contributed by atoms with van der Waals surface area (Å²) < 4.78 is 18.4. The van der Waals surface area contributed by atoms with E-state index >= 15 is 0 Å². The van der Waals surface area contributed by atoms with Gasteiger partial charge in [0.1, 0.15) is 11.5 Å². The van der Waals surface area contributed by atoms with Crippen molar-refractivity contribution >= 4 is 33.4 Å². The highest BCUT2D eigenvalue weighted by atomic mass is 79.9. The Balaban J connectivity index is 2.55. The van der Waals surface area contributed by atoms with Gasteiger partial charge in [-0.05, 0) is 28.1 Å². The molecule has 0 saturated heterocycles. The second-order valence-electron chi connectivity index (χ2n) is 2.87. The van der Waals surface area contributed by atoms with Crippen molar-refractivity contribution in [3.8, 4) is 11.3 Å². The van der Waals surface area contributed by atoms with Crippen molar-refractivity contribution in [3.05, 3.63) is 33.5 Å². The smallest absolute Gasteiger partial charge is 0.222 e. The van der Waals surface area contributed by atoms with Gasteiger partial charge in [0.2, 0.25) is 5.88 Å². The largest absolute Gasteiger partial charge is 0.368 e. The van der Waals surface area contributed by atoms with Gasteiger partial charge < -0.3 is 10.3 Å². The summed E-state index contributed by atoms with van der Waals surface area (Å²) in [5, 5.41) is 3.70. The first kappa shape index (κ1) is 10.4. The van der Waals surface area contributed by atoms with Gasteiger partial charge >= 0.3 is 0 Å². The average Bonchev–Trinajstić information content (AvgIpc) is 2.60. The van der Waals surface area contributed by atoms with Crippen molar-refractivity contribution in [1.29, 1.82) is 0 Å². The van der Waals surface area contributed by atoms with Crippen molar-refractivity contribution in [1.82, 2.24) is 5.16 Å². The quantitative estimate of drug-likeness (QED) is 0.818. The minimum Gasteiger partial charge on any atom is -0.368 e. The molecule has 2 aromatic rings. The SMILES string of the molecule is Nc1cc(-c2cc(F)c(Cl)c(Br)c2)no1. The number of rotatable bonds is 1. The standard InChI is InChI=1S/C9H5BrClFN2O/c10-5-1-4(2-6(12)9(5)11)7-3-8(13)15-14-7/h1-3H,13H2. The third-order valence-electron chi connectivity index (χ3n) is 1.81. The van der Waals surface area contributed by atoms with Gasteiger partial charge in [-0.2, -0.15) is 0 Å². The normalized spacial score (nSPS) is 10.6. The molecule has 2 N–H and O–H groups in total. The van der Waals surface area contributed by atoms with Gasteiger partial charge in [-0.25, -0.2) is 4.39 Å². The second-order valence-corrected chi connectivity index (χ2v) is 4.10. The summed E-state index contributed by atoms with van der Waals surface area (Å²) in [5.74, 6) is -0.348. The summed E-state index contributed by atoms with van der Waals surface area (Å²) >= 11 is 8.79. The summed E-state index contributed by atoms with van der Waals surface area (Å²) in [7, 11) is 0.